The number of rotatable bonds is 6. The smallest absolute Gasteiger partial charge is 0.380 e. The van der Waals surface area contributed by atoms with Crippen LogP contribution in [0.25, 0.3) is 0 Å². The second-order valence-corrected chi connectivity index (χ2v) is 8.99. The third-order valence-electron chi connectivity index (χ3n) is 5.66. The molecular formula is C23H21ClF4N2O4. The number of halogens is 5. The van der Waals surface area contributed by atoms with Gasteiger partial charge in [-0.25, -0.2) is 4.39 Å². The number of nitrogens with one attached hydrogen (secondary N) is 1. The molecule has 0 radical (unpaired) electrons. The normalized spacial score (nSPS) is 17.7. The van der Waals surface area contributed by atoms with Gasteiger partial charge in [-0.2, -0.15) is 13.2 Å². The van der Waals surface area contributed by atoms with Crippen LogP contribution in [-0.2, 0) is 19.8 Å². The molecular weight excluding hydrogens is 480 g/mol. The number of anilines is 1. The molecule has 0 spiro atoms. The highest BCUT2D eigenvalue weighted by molar-refractivity contribution is 6.31. The molecule has 0 saturated heterocycles. The molecule has 2 unspecified atom stereocenters. The summed E-state index contributed by atoms with van der Waals surface area (Å²) in [7, 11) is 0. The van der Waals surface area contributed by atoms with Crippen LogP contribution >= 0.6 is 11.6 Å². The molecule has 2 N–H and O–H groups in total. The SMILES string of the molecule is CC1=NOC(C=O)c2ccc(NC(=O)C(O)(CC(C)(C)c3cccc(F)c3Cl)C(F)(F)F)cc21. The number of amides is 1. The van der Waals surface area contributed by atoms with Gasteiger partial charge in [0.05, 0.1) is 10.7 Å². The number of nitrogens with zero attached hydrogens (tertiary/aromatic N) is 1. The number of benzene rings is 2. The Morgan fingerprint density at radius 1 is 1.26 bits per heavy atom. The molecule has 3 rings (SSSR count). The fourth-order valence-electron chi connectivity index (χ4n) is 3.84. The van der Waals surface area contributed by atoms with Crippen molar-refractivity contribution in [3.05, 3.63) is 63.9 Å². The lowest BCUT2D eigenvalue weighted by atomic mass is 9.74. The van der Waals surface area contributed by atoms with Crippen LogP contribution in [0.4, 0.5) is 23.2 Å². The third-order valence-corrected chi connectivity index (χ3v) is 6.04. The number of oxime groups is 1. The lowest BCUT2D eigenvalue weighted by molar-refractivity contribution is -0.254. The zero-order valence-corrected chi connectivity index (χ0v) is 19.1. The number of aldehydes is 1. The highest BCUT2D eigenvalue weighted by Gasteiger charge is 2.61. The highest BCUT2D eigenvalue weighted by Crippen LogP contribution is 2.44. The Balaban J connectivity index is 1.95. The summed E-state index contributed by atoms with van der Waals surface area (Å²) in [4.78, 5) is 29.0. The number of hydrogen-bond acceptors (Lipinski definition) is 5. The minimum atomic E-state index is -5.36. The molecule has 2 aromatic rings. The Morgan fingerprint density at radius 3 is 2.56 bits per heavy atom. The molecule has 0 aliphatic carbocycles. The maximum atomic E-state index is 14.0. The quantitative estimate of drug-likeness (QED) is 0.428. The van der Waals surface area contributed by atoms with E-state index in [1.54, 1.807) is 6.92 Å². The van der Waals surface area contributed by atoms with Gasteiger partial charge in [0.1, 0.15) is 5.82 Å². The number of aliphatic hydroxyl groups is 1. The van der Waals surface area contributed by atoms with Crippen LogP contribution in [0.3, 0.4) is 0 Å². The summed E-state index contributed by atoms with van der Waals surface area (Å²) >= 11 is 5.95. The summed E-state index contributed by atoms with van der Waals surface area (Å²) in [5.74, 6) is -2.56. The van der Waals surface area contributed by atoms with Gasteiger partial charge in [-0.1, -0.05) is 48.8 Å². The fraction of sp³-hybridized carbons (Fsp3) is 0.348. The van der Waals surface area contributed by atoms with Crippen molar-refractivity contribution in [3.8, 4) is 0 Å². The highest BCUT2D eigenvalue weighted by atomic mass is 35.5. The van der Waals surface area contributed by atoms with E-state index in [4.69, 9.17) is 16.4 Å². The number of carbonyl (C=O) groups excluding carboxylic acids is 2. The molecule has 2 aromatic carbocycles. The Hall–Kier alpha value is -2.98. The van der Waals surface area contributed by atoms with E-state index in [1.165, 1.54) is 44.2 Å². The van der Waals surface area contributed by atoms with E-state index in [1.807, 2.05) is 0 Å². The molecule has 1 aliphatic rings. The van der Waals surface area contributed by atoms with Gasteiger partial charge < -0.3 is 15.3 Å². The van der Waals surface area contributed by atoms with Crippen LogP contribution < -0.4 is 5.32 Å². The summed E-state index contributed by atoms with van der Waals surface area (Å²) in [5, 5.41) is 16.1. The first kappa shape index (κ1) is 25.6. The first-order valence-electron chi connectivity index (χ1n) is 10.1. The minimum absolute atomic E-state index is 0.00478. The molecule has 0 fully saturated rings. The van der Waals surface area contributed by atoms with Crippen molar-refractivity contribution in [2.45, 2.75) is 50.5 Å². The molecule has 6 nitrogen and oxygen atoms in total. The van der Waals surface area contributed by atoms with E-state index in [-0.39, 0.29) is 11.3 Å². The topological polar surface area (TPSA) is 88.0 Å². The molecule has 182 valence electrons. The van der Waals surface area contributed by atoms with Crippen molar-refractivity contribution in [1.82, 2.24) is 0 Å². The zero-order valence-electron chi connectivity index (χ0n) is 18.3. The Labute approximate surface area is 197 Å². The Kier molecular flexibility index (Phi) is 6.78. The lowest BCUT2D eigenvalue weighted by Gasteiger charge is -2.37. The van der Waals surface area contributed by atoms with Crippen LogP contribution in [0.5, 0.6) is 0 Å². The van der Waals surface area contributed by atoms with Crippen molar-refractivity contribution < 1.29 is 37.1 Å². The second kappa shape index (κ2) is 8.99. The molecule has 0 bridgehead atoms. The summed E-state index contributed by atoms with van der Waals surface area (Å²) < 4.78 is 56.0. The zero-order chi connectivity index (χ0) is 25.5. The molecule has 0 saturated carbocycles. The largest absolute Gasteiger partial charge is 0.426 e. The minimum Gasteiger partial charge on any atom is -0.380 e. The van der Waals surface area contributed by atoms with Gasteiger partial charge in [0.25, 0.3) is 5.91 Å². The first-order valence-corrected chi connectivity index (χ1v) is 10.4. The third kappa shape index (κ3) is 4.65. The van der Waals surface area contributed by atoms with Crippen LogP contribution in [0.1, 0.15) is 50.0 Å². The lowest BCUT2D eigenvalue weighted by Crippen LogP contribution is -2.57. The van der Waals surface area contributed by atoms with E-state index in [2.05, 4.69) is 10.5 Å². The van der Waals surface area contributed by atoms with Gasteiger partial charge in [-0.3, -0.25) is 9.59 Å². The van der Waals surface area contributed by atoms with Gasteiger partial charge in [-0.05, 0) is 36.1 Å². The van der Waals surface area contributed by atoms with Crippen molar-refractivity contribution >= 4 is 35.2 Å². The molecule has 0 aromatic heterocycles. The summed E-state index contributed by atoms with van der Waals surface area (Å²) in [6, 6.07) is 7.67. The van der Waals surface area contributed by atoms with Crippen LogP contribution in [-0.4, -0.2) is 34.8 Å². The van der Waals surface area contributed by atoms with E-state index >= 15 is 0 Å². The van der Waals surface area contributed by atoms with E-state index in [9.17, 15) is 32.3 Å². The summed E-state index contributed by atoms with van der Waals surface area (Å²) in [5.41, 5.74) is -4.28. The van der Waals surface area contributed by atoms with Gasteiger partial charge in [0, 0.05) is 23.2 Å². The average molecular weight is 501 g/mol. The number of alkyl halides is 3. The van der Waals surface area contributed by atoms with Gasteiger partial charge in [0.15, 0.2) is 6.29 Å². The summed E-state index contributed by atoms with van der Waals surface area (Å²) in [6.45, 7) is 4.19. The van der Waals surface area contributed by atoms with E-state index in [0.29, 0.717) is 23.1 Å². The predicted molar refractivity (Wildman–Crippen MR) is 117 cm³/mol. The number of carbonyl (C=O) groups is 2. The Bertz CT molecular complexity index is 1170. The standard InChI is InChI=1S/C23H21ClF4N2O4/c1-12-15-9-13(7-8-14(15)18(10-31)34-30-12)29-20(32)22(33,23(26,27)28)11-21(2,3)16-5-4-6-17(25)19(16)24/h4-10,18,33H,11H2,1-3H3,(H,29,32). The van der Waals surface area contributed by atoms with Crippen molar-refractivity contribution in [1.29, 1.82) is 0 Å². The van der Waals surface area contributed by atoms with E-state index in [0.717, 1.165) is 6.07 Å². The van der Waals surface area contributed by atoms with Crippen molar-refractivity contribution in [2.24, 2.45) is 5.16 Å². The van der Waals surface area contributed by atoms with Crippen molar-refractivity contribution in [3.63, 3.8) is 0 Å². The van der Waals surface area contributed by atoms with E-state index < -0.39 is 46.5 Å². The molecule has 1 heterocycles. The summed E-state index contributed by atoms with van der Waals surface area (Å²) in [6.07, 6.45) is -6.98. The molecule has 1 aliphatic heterocycles. The molecule has 2 atom stereocenters. The average Bonchev–Trinajstić information content (AvgIpc) is 2.75. The van der Waals surface area contributed by atoms with Gasteiger partial charge in [0.2, 0.25) is 11.7 Å². The maximum absolute atomic E-state index is 14.0. The number of hydrogen-bond donors (Lipinski definition) is 2. The maximum Gasteiger partial charge on any atom is 0.426 e. The van der Waals surface area contributed by atoms with Crippen LogP contribution in [0.2, 0.25) is 5.02 Å². The van der Waals surface area contributed by atoms with Gasteiger partial charge >= 0.3 is 6.18 Å². The second-order valence-electron chi connectivity index (χ2n) is 8.62. The van der Waals surface area contributed by atoms with Gasteiger partial charge in [-0.15, -0.1) is 0 Å². The molecule has 34 heavy (non-hydrogen) atoms. The fourth-order valence-corrected chi connectivity index (χ4v) is 4.22. The van der Waals surface area contributed by atoms with Crippen molar-refractivity contribution in [2.75, 3.05) is 5.32 Å². The van der Waals surface area contributed by atoms with Crippen LogP contribution in [0, 0.1) is 5.82 Å². The molecule has 11 heteroatoms. The first-order chi connectivity index (χ1) is 15.7. The Morgan fingerprint density at radius 2 is 1.94 bits per heavy atom. The van der Waals surface area contributed by atoms with Crippen LogP contribution in [0.15, 0.2) is 41.6 Å². The monoisotopic (exact) mass is 500 g/mol. The predicted octanol–water partition coefficient (Wildman–Crippen LogP) is 5.07. The number of fused-ring (bicyclic) bond motifs is 1. The molecule has 1 amide bonds.